The summed E-state index contributed by atoms with van der Waals surface area (Å²) in [5, 5.41) is 1.82. The van der Waals surface area contributed by atoms with Gasteiger partial charge in [-0.25, -0.2) is 4.99 Å². The average molecular weight is 224 g/mol. The van der Waals surface area contributed by atoms with E-state index in [0.29, 0.717) is 6.61 Å². The average Bonchev–Trinajstić information content (AvgIpc) is 2.62. The van der Waals surface area contributed by atoms with Gasteiger partial charge in [0.15, 0.2) is 0 Å². The molecule has 3 heteroatoms. The van der Waals surface area contributed by atoms with Crippen molar-refractivity contribution in [1.29, 1.82) is 0 Å². The minimum Gasteiger partial charge on any atom is -0.497 e. The molecule has 0 unspecified atom stereocenters. The maximum absolute atomic E-state index is 5.30. The molecule has 0 aromatic heterocycles. The second-order valence-corrected chi connectivity index (χ2v) is 3.92. The number of benzene rings is 1. The summed E-state index contributed by atoms with van der Waals surface area (Å²) in [6.07, 6.45) is 8.38. The molecule has 1 aromatic rings. The maximum atomic E-state index is 5.30. The van der Waals surface area contributed by atoms with E-state index in [1.54, 1.807) is 12.5 Å². The SMILES string of the molecule is C1=COCC(=C2C=CN=c3ccccc3=N2)C1. The number of nitrogens with zero attached hydrogens (tertiary/aromatic N) is 2. The Balaban J connectivity index is 2.16. The molecule has 0 spiro atoms. The number of hydrogen-bond acceptors (Lipinski definition) is 3. The molecule has 84 valence electrons. The largest absolute Gasteiger partial charge is 0.497 e. The van der Waals surface area contributed by atoms with Gasteiger partial charge >= 0.3 is 0 Å². The molecule has 0 N–H and O–H groups in total. The first-order valence-electron chi connectivity index (χ1n) is 5.60. The molecule has 0 atom stereocenters. The van der Waals surface area contributed by atoms with Crippen LogP contribution in [0, 0.1) is 0 Å². The van der Waals surface area contributed by atoms with Gasteiger partial charge in [0.05, 0.1) is 22.7 Å². The van der Waals surface area contributed by atoms with Crippen LogP contribution in [0.5, 0.6) is 0 Å². The number of para-hydroxylation sites is 2. The summed E-state index contributed by atoms with van der Waals surface area (Å²) in [6, 6.07) is 7.89. The lowest BCUT2D eigenvalue weighted by atomic mass is 10.1. The zero-order valence-corrected chi connectivity index (χ0v) is 9.34. The van der Waals surface area contributed by atoms with E-state index in [4.69, 9.17) is 4.74 Å². The number of ether oxygens (including phenoxy) is 1. The van der Waals surface area contributed by atoms with Crippen molar-refractivity contribution in [1.82, 2.24) is 0 Å². The van der Waals surface area contributed by atoms with Crippen molar-refractivity contribution in [3.8, 4) is 0 Å². The lowest BCUT2D eigenvalue weighted by molar-refractivity contribution is 0.266. The Hall–Kier alpha value is -2.16. The predicted molar refractivity (Wildman–Crippen MR) is 64.6 cm³/mol. The van der Waals surface area contributed by atoms with Crippen molar-refractivity contribution in [2.45, 2.75) is 6.42 Å². The van der Waals surface area contributed by atoms with E-state index in [1.165, 1.54) is 5.57 Å². The molecular weight excluding hydrogens is 212 g/mol. The van der Waals surface area contributed by atoms with Gasteiger partial charge in [0.1, 0.15) is 6.61 Å². The first-order chi connectivity index (χ1) is 8.43. The zero-order chi connectivity index (χ0) is 11.5. The van der Waals surface area contributed by atoms with Crippen molar-refractivity contribution in [3.05, 3.63) is 70.9 Å². The predicted octanol–water partition coefficient (Wildman–Crippen LogP) is 1.64. The number of allylic oxidation sites excluding steroid dienone is 2. The van der Waals surface area contributed by atoms with Crippen LogP contribution in [0.15, 0.2) is 70.1 Å². The van der Waals surface area contributed by atoms with Crippen LogP contribution in [0.3, 0.4) is 0 Å². The standard InChI is InChI=1S/C14H12N2O/c1-2-6-14-13(5-1)15-8-7-12(16-14)11-4-3-9-17-10-11/h1-3,5-9H,4,10H2. The summed E-state index contributed by atoms with van der Waals surface area (Å²) in [5.41, 5.74) is 2.15. The summed E-state index contributed by atoms with van der Waals surface area (Å²) in [6.45, 7) is 0.613. The van der Waals surface area contributed by atoms with E-state index in [-0.39, 0.29) is 0 Å². The molecule has 2 aliphatic rings. The Morgan fingerprint density at radius 2 is 2.00 bits per heavy atom. The van der Waals surface area contributed by atoms with Crippen molar-refractivity contribution in [2.24, 2.45) is 9.98 Å². The van der Waals surface area contributed by atoms with E-state index in [9.17, 15) is 0 Å². The van der Waals surface area contributed by atoms with Crippen molar-refractivity contribution in [2.75, 3.05) is 6.61 Å². The Morgan fingerprint density at radius 1 is 1.12 bits per heavy atom. The van der Waals surface area contributed by atoms with Crippen LogP contribution < -0.4 is 10.7 Å². The first-order valence-corrected chi connectivity index (χ1v) is 5.60. The van der Waals surface area contributed by atoms with E-state index in [1.807, 2.05) is 36.4 Å². The van der Waals surface area contributed by atoms with Crippen LogP contribution in [-0.4, -0.2) is 6.61 Å². The van der Waals surface area contributed by atoms with Gasteiger partial charge in [0.2, 0.25) is 0 Å². The summed E-state index contributed by atoms with van der Waals surface area (Å²) >= 11 is 0. The van der Waals surface area contributed by atoms with Gasteiger partial charge in [-0.3, -0.25) is 4.99 Å². The Labute approximate surface area is 99.2 Å². The Morgan fingerprint density at radius 3 is 2.82 bits per heavy atom. The molecule has 0 aliphatic carbocycles. The van der Waals surface area contributed by atoms with E-state index >= 15 is 0 Å². The maximum Gasteiger partial charge on any atom is 0.111 e. The smallest absolute Gasteiger partial charge is 0.111 e. The normalized spacial score (nSPS) is 21.9. The van der Waals surface area contributed by atoms with Gasteiger partial charge in [0.25, 0.3) is 0 Å². The second-order valence-electron chi connectivity index (χ2n) is 3.92. The van der Waals surface area contributed by atoms with E-state index in [2.05, 4.69) is 9.98 Å². The van der Waals surface area contributed by atoms with Crippen LogP contribution in [0.4, 0.5) is 0 Å². The van der Waals surface area contributed by atoms with Crippen LogP contribution in [0.1, 0.15) is 6.42 Å². The quantitative estimate of drug-likeness (QED) is 0.659. The molecule has 0 saturated heterocycles. The Kier molecular flexibility index (Phi) is 2.58. The summed E-state index contributed by atoms with van der Waals surface area (Å²) in [7, 11) is 0. The lowest BCUT2D eigenvalue weighted by Crippen LogP contribution is -2.23. The summed E-state index contributed by atoms with van der Waals surface area (Å²) in [4.78, 5) is 9.01. The van der Waals surface area contributed by atoms with E-state index < -0.39 is 0 Å². The van der Waals surface area contributed by atoms with Gasteiger partial charge in [-0.15, -0.1) is 0 Å². The van der Waals surface area contributed by atoms with E-state index in [0.717, 1.165) is 22.8 Å². The third-order valence-corrected chi connectivity index (χ3v) is 2.75. The molecule has 2 aliphatic heterocycles. The van der Waals surface area contributed by atoms with Crippen molar-refractivity contribution in [3.63, 3.8) is 0 Å². The Bertz CT molecular complexity index is 638. The van der Waals surface area contributed by atoms with Gasteiger partial charge in [-0.05, 0) is 36.3 Å². The first kappa shape index (κ1) is 10.0. The molecule has 0 saturated carbocycles. The molecule has 3 rings (SSSR count). The number of fused-ring (bicyclic) bond motifs is 1. The molecule has 2 heterocycles. The monoisotopic (exact) mass is 224 g/mol. The third-order valence-electron chi connectivity index (χ3n) is 2.75. The molecule has 3 nitrogen and oxygen atoms in total. The summed E-state index contributed by atoms with van der Waals surface area (Å²) < 4.78 is 5.30. The highest BCUT2D eigenvalue weighted by Gasteiger charge is 2.07. The molecule has 0 bridgehead atoms. The third kappa shape index (κ3) is 2.04. The highest BCUT2D eigenvalue weighted by atomic mass is 16.5. The van der Waals surface area contributed by atoms with Gasteiger partial charge in [-0.2, -0.15) is 0 Å². The molecule has 0 radical (unpaired) electrons. The van der Waals surface area contributed by atoms with Gasteiger partial charge in [-0.1, -0.05) is 12.1 Å². The second kappa shape index (κ2) is 4.37. The summed E-state index contributed by atoms with van der Waals surface area (Å²) in [5.74, 6) is 0. The lowest BCUT2D eigenvalue weighted by Gasteiger charge is -2.11. The molecular formula is C14H12N2O. The van der Waals surface area contributed by atoms with Crippen LogP contribution in [-0.2, 0) is 4.74 Å². The van der Waals surface area contributed by atoms with Crippen LogP contribution in [0.2, 0.25) is 0 Å². The minimum atomic E-state index is 0.613. The highest BCUT2D eigenvalue weighted by molar-refractivity contribution is 5.29. The van der Waals surface area contributed by atoms with Crippen LogP contribution in [0.25, 0.3) is 0 Å². The van der Waals surface area contributed by atoms with Gasteiger partial charge < -0.3 is 4.74 Å². The minimum absolute atomic E-state index is 0.613. The number of rotatable bonds is 0. The van der Waals surface area contributed by atoms with Crippen molar-refractivity contribution >= 4 is 0 Å². The molecule has 0 amide bonds. The fraction of sp³-hybridized carbons (Fsp3) is 0.143. The highest BCUT2D eigenvalue weighted by Crippen LogP contribution is 2.16. The van der Waals surface area contributed by atoms with Crippen molar-refractivity contribution < 1.29 is 4.74 Å². The fourth-order valence-electron chi connectivity index (χ4n) is 1.86. The van der Waals surface area contributed by atoms with Crippen LogP contribution >= 0.6 is 0 Å². The fourth-order valence-corrected chi connectivity index (χ4v) is 1.86. The zero-order valence-electron chi connectivity index (χ0n) is 9.34. The molecule has 17 heavy (non-hydrogen) atoms. The topological polar surface area (TPSA) is 34.0 Å². The molecule has 1 aromatic carbocycles. The molecule has 0 fully saturated rings. The van der Waals surface area contributed by atoms with Gasteiger partial charge in [0, 0.05) is 6.20 Å². The number of hydrogen-bond donors (Lipinski definition) is 0.